The molecule has 0 aliphatic carbocycles. The van der Waals surface area contributed by atoms with Gasteiger partial charge in [0, 0.05) is 44.2 Å². The van der Waals surface area contributed by atoms with Crippen LogP contribution in [0.2, 0.25) is 0 Å². The number of aromatic nitrogens is 2. The largest absolute Gasteiger partial charge is 0.432 e. The molecule has 1 atom stereocenters. The van der Waals surface area contributed by atoms with Gasteiger partial charge in [-0.1, -0.05) is 6.07 Å². The minimum Gasteiger partial charge on any atom is -0.432 e. The Kier molecular flexibility index (Phi) is 7.10. The van der Waals surface area contributed by atoms with Crippen LogP contribution in [-0.4, -0.2) is 60.2 Å². The van der Waals surface area contributed by atoms with Crippen molar-refractivity contribution in [1.82, 2.24) is 20.2 Å². The molecule has 2 aromatic rings. The third-order valence-electron chi connectivity index (χ3n) is 3.97. The van der Waals surface area contributed by atoms with Crippen molar-refractivity contribution >= 4 is 29.1 Å². The van der Waals surface area contributed by atoms with Crippen LogP contribution in [-0.2, 0) is 0 Å². The van der Waals surface area contributed by atoms with Crippen molar-refractivity contribution in [3.63, 3.8) is 0 Å². The number of piperazine rings is 1. The predicted molar refractivity (Wildman–Crippen MR) is 95.8 cm³/mol. The number of hydrogen-bond donors (Lipinski definition) is 2. The number of hydrogen-bond acceptors (Lipinski definition) is 6. The Balaban J connectivity index is 0.00000225. The highest BCUT2D eigenvalue weighted by molar-refractivity contribution is 5.92. The molecule has 0 spiro atoms. The van der Waals surface area contributed by atoms with Crippen LogP contribution in [0.4, 0.5) is 14.6 Å². The van der Waals surface area contributed by atoms with Gasteiger partial charge >= 0.3 is 6.61 Å². The number of rotatable bonds is 6. The molecular weight excluding hydrogens is 352 g/mol. The molecule has 6 nitrogen and oxygen atoms in total. The van der Waals surface area contributed by atoms with E-state index in [0.717, 1.165) is 32.7 Å². The molecule has 1 aromatic heterocycles. The van der Waals surface area contributed by atoms with E-state index in [9.17, 15) is 8.78 Å². The van der Waals surface area contributed by atoms with Crippen molar-refractivity contribution in [3.05, 3.63) is 24.5 Å². The lowest BCUT2D eigenvalue weighted by Gasteiger charge is -2.30. The van der Waals surface area contributed by atoms with Crippen LogP contribution >= 0.6 is 12.4 Å². The van der Waals surface area contributed by atoms with Gasteiger partial charge in [0.25, 0.3) is 0 Å². The molecule has 9 heteroatoms. The lowest BCUT2D eigenvalue weighted by Crippen LogP contribution is -2.47. The molecule has 1 aromatic carbocycles. The fourth-order valence-electron chi connectivity index (χ4n) is 2.93. The number of halogens is 3. The summed E-state index contributed by atoms with van der Waals surface area (Å²) in [6.07, 6.45) is 1.36. The Labute approximate surface area is 151 Å². The van der Waals surface area contributed by atoms with Crippen LogP contribution in [0.25, 0.3) is 10.9 Å². The summed E-state index contributed by atoms with van der Waals surface area (Å²) in [6.45, 7) is 4.12. The molecular formula is C16H22ClF2N5O. The van der Waals surface area contributed by atoms with E-state index in [-0.39, 0.29) is 24.2 Å². The first kappa shape index (κ1) is 19.6. The fraction of sp³-hybridized carbons (Fsp3) is 0.500. The van der Waals surface area contributed by atoms with E-state index in [0.29, 0.717) is 16.7 Å². The summed E-state index contributed by atoms with van der Waals surface area (Å²) in [5, 5.41) is 7.35. The van der Waals surface area contributed by atoms with Gasteiger partial charge in [-0.2, -0.15) is 8.78 Å². The number of anilines is 1. The summed E-state index contributed by atoms with van der Waals surface area (Å²) in [7, 11) is 0. The lowest BCUT2D eigenvalue weighted by molar-refractivity contribution is -0.0489. The second-order valence-electron chi connectivity index (χ2n) is 5.85. The topological polar surface area (TPSA) is 62.3 Å². The van der Waals surface area contributed by atoms with Gasteiger partial charge in [-0.3, -0.25) is 4.90 Å². The van der Waals surface area contributed by atoms with Crippen molar-refractivity contribution in [2.24, 2.45) is 0 Å². The fourth-order valence-corrected chi connectivity index (χ4v) is 2.93. The van der Waals surface area contributed by atoms with Crippen molar-refractivity contribution in [1.29, 1.82) is 0 Å². The second-order valence-corrected chi connectivity index (χ2v) is 5.85. The van der Waals surface area contributed by atoms with E-state index < -0.39 is 6.61 Å². The maximum absolute atomic E-state index is 12.5. The molecule has 1 aliphatic rings. The van der Waals surface area contributed by atoms with E-state index in [1.165, 1.54) is 12.4 Å². The molecule has 1 aliphatic heterocycles. The average Bonchev–Trinajstić information content (AvgIpc) is 2.56. The number of nitrogens with one attached hydrogen (secondary N) is 2. The standard InChI is InChI=1S/C16H21F2N5O.ClH/c1-11(9-23-7-5-19-6-8-23)22-15-12-3-2-4-13(24-16(17)18)14(12)20-10-21-15;/h2-4,10-11,16,19H,5-9H2,1H3,(H,20,21,22);1H/t11-;/m0./s1. The normalized spacial score (nSPS) is 16.5. The van der Waals surface area contributed by atoms with Gasteiger partial charge in [-0.05, 0) is 19.1 Å². The van der Waals surface area contributed by atoms with Crippen LogP contribution in [0.5, 0.6) is 5.75 Å². The van der Waals surface area contributed by atoms with E-state index >= 15 is 0 Å². The molecule has 25 heavy (non-hydrogen) atoms. The molecule has 0 bridgehead atoms. The Morgan fingerprint density at radius 3 is 2.76 bits per heavy atom. The minimum absolute atomic E-state index is 0. The number of benzene rings is 1. The van der Waals surface area contributed by atoms with Crippen molar-refractivity contribution in [2.75, 3.05) is 38.0 Å². The quantitative estimate of drug-likeness (QED) is 0.810. The summed E-state index contributed by atoms with van der Waals surface area (Å²) in [6, 6.07) is 5.11. The molecule has 0 unspecified atom stereocenters. The SMILES string of the molecule is C[C@@H](CN1CCNCC1)Nc1ncnc2c(OC(F)F)cccc12.Cl. The molecule has 3 rings (SSSR count). The van der Waals surface area contributed by atoms with Crippen LogP contribution < -0.4 is 15.4 Å². The summed E-state index contributed by atoms with van der Waals surface area (Å²) in [5.74, 6) is 0.685. The zero-order valence-corrected chi connectivity index (χ0v) is 14.7. The maximum atomic E-state index is 12.5. The number of fused-ring (bicyclic) bond motifs is 1. The molecule has 0 saturated carbocycles. The van der Waals surface area contributed by atoms with Gasteiger partial charge in [-0.15, -0.1) is 12.4 Å². The first-order valence-corrected chi connectivity index (χ1v) is 8.01. The number of para-hydroxylation sites is 1. The van der Waals surface area contributed by atoms with Gasteiger partial charge < -0.3 is 15.4 Å². The monoisotopic (exact) mass is 373 g/mol. The van der Waals surface area contributed by atoms with Crippen molar-refractivity contribution in [2.45, 2.75) is 19.6 Å². The van der Waals surface area contributed by atoms with E-state index in [2.05, 4.69) is 37.2 Å². The summed E-state index contributed by atoms with van der Waals surface area (Å²) < 4.78 is 29.6. The van der Waals surface area contributed by atoms with Gasteiger partial charge in [0.05, 0.1) is 0 Å². The van der Waals surface area contributed by atoms with Gasteiger partial charge in [0.15, 0.2) is 5.75 Å². The Hall–Kier alpha value is -1.77. The molecule has 2 heterocycles. The Morgan fingerprint density at radius 2 is 2.04 bits per heavy atom. The van der Waals surface area contributed by atoms with Crippen LogP contribution in [0.15, 0.2) is 24.5 Å². The molecule has 0 amide bonds. The van der Waals surface area contributed by atoms with Crippen LogP contribution in [0, 0.1) is 0 Å². The first-order valence-electron chi connectivity index (χ1n) is 8.01. The third kappa shape index (κ3) is 5.10. The highest BCUT2D eigenvalue weighted by atomic mass is 35.5. The van der Waals surface area contributed by atoms with Gasteiger partial charge in [-0.25, -0.2) is 9.97 Å². The summed E-state index contributed by atoms with van der Waals surface area (Å²) in [4.78, 5) is 10.7. The van der Waals surface area contributed by atoms with Gasteiger partial charge in [0.1, 0.15) is 17.7 Å². The summed E-state index contributed by atoms with van der Waals surface area (Å²) in [5.41, 5.74) is 0.379. The first-order chi connectivity index (χ1) is 11.6. The molecule has 1 fully saturated rings. The third-order valence-corrected chi connectivity index (χ3v) is 3.97. The summed E-state index contributed by atoms with van der Waals surface area (Å²) >= 11 is 0. The van der Waals surface area contributed by atoms with Gasteiger partial charge in [0.2, 0.25) is 0 Å². The molecule has 2 N–H and O–H groups in total. The highest BCUT2D eigenvalue weighted by Gasteiger charge is 2.16. The zero-order valence-electron chi connectivity index (χ0n) is 13.9. The Morgan fingerprint density at radius 1 is 1.28 bits per heavy atom. The predicted octanol–water partition coefficient (Wildman–Crippen LogP) is 2.36. The highest BCUT2D eigenvalue weighted by Crippen LogP contribution is 2.28. The number of alkyl halides is 2. The second kappa shape index (κ2) is 9.07. The van der Waals surface area contributed by atoms with E-state index in [1.54, 1.807) is 12.1 Å². The van der Waals surface area contributed by atoms with E-state index in [4.69, 9.17) is 0 Å². The van der Waals surface area contributed by atoms with Crippen molar-refractivity contribution in [3.8, 4) is 5.75 Å². The smallest absolute Gasteiger partial charge is 0.387 e. The Bertz CT molecular complexity index is 685. The zero-order chi connectivity index (χ0) is 16.9. The molecule has 1 saturated heterocycles. The van der Waals surface area contributed by atoms with Crippen molar-refractivity contribution < 1.29 is 13.5 Å². The average molecular weight is 374 g/mol. The molecule has 138 valence electrons. The van der Waals surface area contributed by atoms with Crippen LogP contribution in [0.1, 0.15) is 6.92 Å². The minimum atomic E-state index is -2.88. The lowest BCUT2D eigenvalue weighted by atomic mass is 10.2. The maximum Gasteiger partial charge on any atom is 0.387 e. The molecule has 0 radical (unpaired) electrons. The number of ether oxygens (including phenoxy) is 1. The van der Waals surface area contributed by atoms with Crippen LogP contribution in [0.3, 0.4) is 0 Å². The van der Waals surface area contributed by atoms with E-state index in [1.807, 2.05) is 0 Å². The number of nitrogens with zero attached hydrogens (tertiary/aromatic N) is 3.